The Labute approximate surface area is 215 Å². The summed E-state index contributed by atoms with van der Waals surface area (Å²) in [4.78, 5) is 22.7. The molecule has 1 aliphatic heterocycles. The predicted octanol–water partition coefficient (Wildman–Crippen LogP) is 5.16. The lowest BCUT2D eigenvalue weighted by molar-refractivity contribution is -0.385. The van der Waals surface area contributed by atoms with Gasteiger partial charge in [-0.25, -0.2) is 9.97 Å². The second-order valence-corrected chi connectivity index (χ2v) is 9.09. The Kier molecular flexibility index (Phi) is 7.18. The van der Waals surface area contributed by atoms with Gasteiger partial charge in [-0.15, -0.1) is 0 Å². The summed E-state index contributed by atoms with van der Waals surface area (Å²) in [5.41, 5.74) is 3.04. The molecule has 0 spiro atoms. The van der Waals surface area contributed by atoms with E-state index in [1.165, 1.54) is 32.4 Å². The van der Waals surface area contributed by atoms with Gasteiger partial charge in [0.1, 0.15) is 12.4 Å². The molecule has 0 aliphatic carbocycles. The molecule has 1 fully saturated rings. The molecule has 0 atom stereocenters. The number of aromatic nitrogens is 3. The van der Waals surface area contributed by atoms with Crippen molar-refractivity contribution < 1.29 is 14.4 Å². The number of methoxy groups -OCH3 is 1. The number of nitro benzene ring substituents is 1. The Hall–Kier alpha value is -4.18. The smallest absolute Gasteiger partial charge is 0.313 e. The Morgan fingerprint density at radius 2 is 1.92 bits per heavy atom. The van der Waals surface area contributed by atoms with E-state index in [0.717, 1.165) is 41.8 Å². The molecular weight excluding hydrogens is 472 g/mol. The molecule has 2 aromatic heterocycles. The van der Waals surface area contributed by atoms with E-state index in [1.807, 2.05) is 31.4 Å². The maximum atomic E-state index is 11.9. The van der Waals surface area contributed by atoms with Crippen LogP contribution < -0.4 is 14.8 Å². The first-order valence-electron chi connectivity index (χ1n) is 12.4. The van der Waals surface area contributed by atoms with Crippen molar-refractivity contribution in [1.82, 2.24) is 19.4 Å². The molecule has 5 rings (SSSR count). The maximum Gasteiger partial charge on any atom is 0.313 e. The number of piperidine rings is 1. The zero-order valence-corrected chi connectivity index (χ0v) is 21.0. The number of hydrogen-bond acceptors (Lipinski definition) is 8. The number of ether oxygens (including phenoxy) is 2. The molecule has 0 saturated carbocycles. The van der Waals surface area contributed by atoms with Gasteiger partial charge in [-0.05, 0) is 38.1 Å². The highest BCUT2D eigenvalue weighted by atomic mass is 16.6. The molecule has 4 aromatic rings. The summed E-state index contributed by atoms with van der Waals surface area (Å²) in [5, 5.41) is 16.0. The highest BCUT2D eigenvalue weighted by molar-refractivity contribution is 5.95. The summed E-state index contributed by atoms with van der Waals surface area (Å²) in [5.74, 6) is 0.879. The molecule has 0 amide bonds. The number of fused-ring (bicyclic) bond motifs is 1. The predicted molar refractivity (Wildman–Crippen MR) is 143 cm³/mol. The molecule has 1 aliphatic rings. The summed E-state index contributed by atoms with van der Waals surface area (Å²) in [7, 11) is 3.50. The van der Waals surface area contributed by atoms with Crippen LogP contribution in [0.3, 0.4) is 0 Å². The maximum absolute atomic E-state index is 11.9. The Morgan fingerprint density at radius 1 is 1.11 bits per heavy atom. The third-order valence-electron chi connectivity index (χ3n) is 6.67. The van der Waals surface area contributed by atoms with Crippen LogP contribution in [0, 0.1) is 10.1 Å². The average Bonchev–Trinajstić information content (AvgIpc) is 3.26. The third-order valence-corrected chi connectivity index (χ3v) is 6.67. The van der Waals surface area contributed by atoms with Gasteiger partial charge in [-0.3, -0.25) is 15.0 Å². The van der Waals surface area contributed by atoms with Crippen molar-refractivity contribution in [3.05, 3.63) is 65.0 Å². The monoisotopic (exact) mass is 502 g/mol. The van der Waals surface area contributed by atoms with Gasteiger partial charge in [0.25, 0.3) is 0 Å². The van der Waals surface area contributed by atoms with Crippen molar-refractivity contribution in [2.75, 3.05) is 38.7 Å². The topological polar surface area (TPSA) is 108 Å². The van der Waals surface area contributed by atoms with Crippen LogP contribution in [0.4, 0.5) is 17.3 Å². The normalized spacial score (nSPS) is 14.0. The summed E-state index contributed by atoms with van der Waals surface area (Å²) >= 11 is 0. The largest absolute Gasteiger partial charge is 0.494 e. The lowest BCUT2D eigenvalue weighted by atomic mass is 10.1. The van der Waals surface area contributed by atoms with Gasteiger partial charge in [0, 0.05) is 54.6 Å². The molecule has 1 N–H and O–H groups in total. The number of aryl methyl sites for hydroxylation is 1. The van der Waals surface area contributed by atoms with Gasteiger partial charge in [0.15, 0.2) is 0 Å². The van der Waals surface area contributed by atoms with Gasteiger partial charge in [0.05, 0.1) is 23.4 Å². The van der Waals surface area contributed by atoms with E-state index >= 15 is 0 Å². The number of nitrogens with zero attached hydrogens (tertiary/aromatic N) is 5. The molecule has 192 valence electrons. The molecule has 3 heterocycles. The van der Waals surface area contributed by atoms with Crippen LogP contribution in [0.2, 0.25) is 0 Å². The van der Waals surface area contributed by atoms with Crippen molar-refractivity contribution in [2.24, 2.45) is 7.05 Å². The van der Waals surface area contributed by atoms with Gasteiger partial charge in [-0.1, -0.05) is 24.6 Å². The number of likely N-dealkylation sites (tertiary alicyclic amines) is 1. The Morgan fingerprint density at radius 3 is 2.70 bits per heavy atom. The van der Waals surface area contributed by atoms with Gasteiger partial charge in [0.2, 0.25) is 11.7 Å². The SMILES string of the molecule is COc1cc(OCCN2CCCCC2)c([N+](=O)[O-])cc1Nc1nccc(-c2cn(C)c3ccccc23)n1. The van der Waals surface area contributed by atoms with Crippen molar-refractivity contribution in [3.63, 3.8) is 0 Å². The second-order valence-electron chi connectivity index (χ2n) is 9.09. The van der Waals surface area contributed by atoms with Crippen LogP contribution in [0.5, 0.6) is 11.5 Å². The number of anilines is 2. The van der Waals surface area contributed by atoms with Gasteiger partial charge in [-0.2, -0.15) is 0 Å². The summed E-state index contributed by atoms with van der Waals surface area (Å²) < 4.78 is 13.4. The summed E-state index contributed by atoms with van der Waals surface area (Å²) in [6.45, 7) is 3.17. The quantitative estimate of drug-likeness (QED) is 0.247. The number of nitrogens with one attached hydrogen (secondary N) is 1. The number of nitro groups is 1. The average molecular weight is 503 g/mol. The molecule has 0 unspecified atom stereocenters. The molecule has 1 saturated heterocycles. The van der Waals surface area contributed by atoms with E-state index in [4.69, 9.17) is 9.47 Å². The van der Waals surface area contributed by atoms with E-state index in [0.29, 0.717) is 24.0 Å². The summed E-state index contributed by atoms with van der Waals surface area (Å²) in [6.07, 6.45) is 7.29. The Balaban J connectivity index is 1.39. The first kappa shape index (κ1) is 24.5. The van der Waals surface area contributed by atoms with E-state index in [9.17, 15) is 10.1 Å². The van der Waals surface area contributed by atoms with E-state index < -0.39 is 4.92 Å². The molecule has 10 heteroatoms. The minimum atomic E-state index is -0.450. The number of para-hydroxylation sites is 1. The molecule has 2 aromatic carbocycles. The zero-order valence-electron chi connectivity index (χ0n) is 21.0. The van der Waals surface area contributed by atoms with Crippen molar-refractivity contribution >= 4 is 28.2 Å². The lowest BCUT2D eigenvalue weighted by Gasteiger charge is -2.26. The van der Waals surface area contributed by atoms with Gasteiger partial charge >= 0.3 is 5.69 Å². The first-order valence-corrected chi connectivity index (χ1v) is 12.4. The number of rotatable bonds is 9. The molecule has 10 nitrogen and oxygen atoms in total. The van der Waals surface area contributed by atoms with Crippen LogP contribution in [-0.2, 0) is 7.05 Å². The first-order chi connectivity index (χ1) is 18.0. The van der Waals surface area contributed by atoms with E-state index in [-0.39, 0.29) is 11.4 Å². The van der Waals surface area contributed by atoms with Crippen LogP contribution in [-0.4, -0.2) is 57.7 Å². The molecular formula is C27H30N6O4. The highest BCUT2D eigenvalue weighted by Gasteiger charge is 2.22. The molecule has 0 radical (unpaired) electrons. The van der Waals surface area contributed by atoms with E-state index in [1.54, 1.807) is 12.3 Å². The summed E-state index contributed by atoms with van der Waals surface area (Å²) in [6, 6.07) is 12.9. The van der Waals surface area contributed by atoms with Crippen LogP contribution in [0.25, 0.3) is 22.2 Å². The fraction of sp³-hybridized carbons (Fsp3) is 0.333. The Bertz CT molecular complexity index is 1410. The molecule has 37 heavy (non-hydrogen) atoms. The fourth-order valence-corrected chi connectivity index (χ4v) is 4.78. The van der Waals surface area contributed by atoms with Crippen LogP contribution >= 0.6 is 0 Å². The lowest BCUT2D eigenvalue weighted by Crippen LogP contribution is -2.33. The van der Waals surface area contributed by atoms with Gasteiger partial charge < -0.3 is 19.4 Å². The number of benzene rings is 2. The highest BCUT2D eigenvalue weighted by Crippen LogP contribution is 2.39. The minimum absolute atomic E-state index is 0.146. The van der Waals surface area contributed by atoms with Crippen molar-refractivity contribution in [1.29, 1.82) is 0 Å². The minimum Gasteiger partial charge on any atom is -0.494 e. The van der Waals surface area contributed by atoms with Crippen LogP contribution in [0.1, 0.15) is 19.3 Å². The number of hydrogen-bond donors (Lipinski definition) is 1. The standard InChI is InChI=1S/C27H30N6O4/c1-31-18-20(19-8-4-5-9-23(19)31)21-10-11-28-27(29-21)30-22-16-24(33(34)35)26(17-25(22)36-2)37-15-14-32-12-6-3-7-13-32/h4-5,8-11,16-18H,3,6-7,12-15H2,1-2H3,(H,28,29,30). The third kappa shape index (κ3) is 5.34. The second kappa shape index (κ2) is 10.8. The van der Waals surface area contributed by atoms with E-state index in [2.05, 4.69) is 36.9 Å². The van der Waals surface area contributed by atoms with Crippen molar-refractivity contribution in [3.8, 4) is 22.8 Å². The zero-order chi connectivity index (χ0) is 25.8. The van der Waals surface area contributed by atoms with Crippen molar-refractivity contribution in [2.45, 2.75) is 19.3 Å². The molecule has 0 bridgehead atoms. The fourth-order valence-electron chi connectivity index (χ4n) is 4.78. The van der Waals surface area contributed by atoms with Crippen LogP contribution in [0.15, 0.2) is 54.9 Å².